The van der Waals surface area contributed by atoms with Crippen molar-refractivity contribution < 1.29 is 4.74 Å². The molecule has 2 nitrogen and oxygen atoms in total. The van der Waals surface area contributed by atoms with Crippen molar-refractivity contribution in [3.05, 3.63) is 24.3 Å². The summed E-state index contributed by atoms with van der Waals surface area (Å²) in [5.41, 5.74) is 0. The van der Waals surface area contributed by atoms with Gasteiger partial charge in [0.05, 0.1) is 0 Å². The summed E-state index contributed by atoms with van der Waals surface area (Å²) in [6.07, 6.45) is 6.77. The van der Waals surface area contributed by atoms with Gasteiger partial charge in [-0.15, -0.1) is 11.8 Å². The van der Waals surface area contributed by atoms with Crippen LogP contribution < -0.4 is 10.1 Å². The Balaban J connectivity index is 1.95. The highest BCUT2D eigenvalue weighted by molar-refractivity contribution is 7.99. The molecule has 3 heteroatoms. The Hall–Kier alpha value is -0.670. The van der Waals surface area contributed by atoms with E-state index in [4.69, 9.17) is 4.74 Å². The lowest BCUT2D eigenvalue weighted by atomic mass is 9.90. The zero-order chi connectivity index (χ0) is 15.1. The number of fused-ring (bicyclic) bond motifs is 1. The first-order valence-electron chi connectivity index (χ1n) is 8.34. The summed E-state index contributed by atoms with van der Waals surface area (Å²) in [5, 5.41) is 3.51. The number of nitrogens with one attached hydrogen (secondary N) is 1. The van der Waals surface area contributed by atoms with Crippen molar-refractivity contribution in [3.63, 3.8) is 0 Å². The minimum atomic E-state index is 0.283. The minimum absolute atomic E-state index is 0.283. The van der Waals surface area contributed by atoms with Gasteiger partial charge < -0.3 is 10.1 Å². The van der Waals surface area contributed by atoms with Crippen LogP contribution in [0.15, 0.2) is 29.2 Å². The summed E-state index contributed by atoms with van der Waals surface area (Å²) in [4.78, 5) is 1.28. The molecule has 0 aromatic heterocycles. The quantitative estimate of drug-likeness (QED) is 0.750. The fraction of sp³-hybridized carbons (Fsp3) is 0.667. The van der Waals surface area contributed by atoms with Gasteiger partial charge in [0, 0.05) is 16.7 Å². The van der Waals surface area contributed by atoms with Crippen LogP contribution in [0.25, 0.3) is 0 Å². The maximum atomic E-state index is 6.25. The first-order valence-corrected chi connectivity index (χ1v) is 9.32. The highest BCUT2D eigenvalue weighted by atomic mass is 32.2. The topological polar surface area (TPSA) is 21.3 Å². The highest BCUT2D eigenvalue weighted by Crippen LogP contribution is 2.36. The van der Waals surface area contributed by atoms with Gasteiger partial charge in [-0.2, -0.15) is 0 Å². The van der Waals surface area contributed by atoms with E-state index >= 15 is 0 Å². The molecule has 3 unspecified atom stereocenters. The van der Waals surface area contributed by atoms with Crippen LogP contribution in [-0.2, 0) is 0 Å². The Morgan fingerprint density at radius 1 is 1.33 bits per heavy atom. The Labute approximate surface area is 134 Å². The summed E-state index contributed by atoms with van der Waals surface area (Å²) in [6, 6.07) is 8.85. The van der Waals surface area contributed by atoms with Gasteiger partial charge in [-0.25, -0.2) is 0 Å². The maximum Gasteiger partial charge on any atom is 0.133 e. The Bertz CT molecular complexity index is 423. The summed E-state index contributed by atoms with van der Waals surface area (Å²) in [6.45, 7) is 4.60. The molecule has 0 bridgehead atoms. The molecule has 1 aliphatic rings. The number of hydrogen-bond donors (Lipinski definition) is 1. The molecule has 21 heavy (non-hydrogen) atoms. The summed E-state index contributed by atoms with van der Waals surface area (Å²) in [7, 11) is 2.08. The summed E-state index contributed by atoms with van der Waals surface area (Å²) < 4.78 is 6.25. The molecule has 0 saturated carbocycles. The van der Waals surface area contributed by atoms with Crippen molar-refractivity contribution in [2.24, 2.45) is 5.92 Å². The molecular weight excluding hydrogens is 278 g/mol. The van der Waals surface area contributed by atoms with Crippen LogP contribution in [0.1, 0.15) is 46.0 Å². The van der Waals surface area contributed by atoms with Crippen molar-refractivity contribution >= 4 is 11.8 Å². The van der Waals surface area contributed by atoms with Gasteiger partial charge in [-0.3, -0.25) is 0 Å². The Morgan fingerprint density at radius 2 is 2.14 bits per heavy atom. The van der Waals surface area contributed by atoms with E-state index in [-0.39, 0.29) is 6.10 Å². The molecule has 0 amide bonds. The second-order valence-corrected chi connectivity index (χ2v) is 7.02. The second kappa shape index (κ2) is 8.70. The molecular formula is C18H29NOS. The lowest BCUT2D eigenvalue weighted by Crippen LogP contribution is -2.45. The number of hydrogen-bond acceptors (Lipinski definition) is 3. The zero-order valence-corrected chi connectivity index (χ0v) is 14.4. The van der Waals surface area contributed by atoms with Gasteiger partial charge in [0.25, 0.3) is 0 Å². The maximum absolute atomic E-state index is 6.25. The van der Waals surface area contributed by atoms with Crippen LogP contribution >= 0.6 is 11.8 Å². The third-order valence-corrected chi connectivity index (χ3v) is 5.62. The van der Waals surface area contributed by atoms with Gasteiger partial charge in [-0.1, -0.05) is 51.7 Å². The average molecular weight is 308 g/mol. The van der Waals surface area contributed by atoms with E-state index in [9.17, 15) is 0 Å². The van der Waals surface area contributed by atoms with Gasteiger partial charge in [0.2, 0.25) is 0 Å². The van der Waals surface area contributed by atoms with E-state index in [0.717, 1.165) is 17.4 Å². The molecule has 0 spiro atoms. The van der Waals surface area contributed by atoms with Crippen molar-refractivity contribution in [3.8, 4) is 5.75 Å². The number of thioether (sulfide) groups is 1. The third kappa shape index (κ3) is 4.65. The normalized spacial score (nSPS) is 20.4. The van der Waals surface area contributed by atoms with Crippen LogP contribution in [0.2, 0.25) is 0 Å². The second-order valence-electron chi connectivity index (χ2n) is 5.96. The molecule has 1 heterocycles. The predicted molar refractivity (Wildman–Crippen MR) is 92.4 cm³/mol. The van der Waals surface area contributed by atoms with Crippen LogP contribution in [0.4, 0.5) is 0 Å². The number of unbranched alkanes of at least 4 members (excludes halogenated alkanes) is 1. The standard InChI is InChI=1S/C18H29NOS/c1-4-6-9-14(5-2)12-15(19-3)17-13-21-18-11-8-7-10-16(18)20-17/h7-8,10-11,14-15,17,19H,4-6,9,12-13H2,1-3H3. The molecule has 0 aliphatic carbocycles. The van der Waals surface area contributed by atoms with Crippen molar-refractivity contribution in [1.82, 2.24) is 5.32 Å². The van der Waals surface area contributed by atoms with Gasteiger partial charge in [0.1, 0.15) is 11.9 Å². The van der Waals surface area contributed by atoms with E-state index in [1.165, 1.54) is 37.0 Å². The fourth-order valence-corrected chi connectivity index (χ4v) is 4.11. The molecule has 1 N–H and O–H groups in total. The van der Waals surface area contributed by atoms with Gasteiger partial charge in [-0.05, 0) is 31.5 Å². The molecule has 0 saturated heterocycles. The van der Waals surface area contributed by atoms with Crippen molar-refractivity contribution in [1.29, 1.82) is 0 Å². The lowest BCUT2D eigenvalue weighted by Gasteiger charge is -2.33. The molecule has 1 aromatic rings. The number of likely N-dealkylation sites (N-methyl/N-ethyl adjacent to an activating group) is 1. The number of para-hydroxylation sites is 1. The largest absolute Gasteiger partial charge is 0.487 e. The van der Waals surface area contributed by atoms with Crippen molar-refractivity contribution in [2.45, 2.75) is 63.0 Å². The molecule has 1 aromatic carbocycles. The molecule has 118 valence electrons. The SMILES string of the molecule is CCCCC(CC)CC(NC)C1CSc2ccccc2O1. The minimum Gasteiger partial charge on any atom is -0.487 e. The molecule has 1 aliphatic heterocycles. The molecule has 2 rings (SSSR count). The van der Waals surface area contributed by atoms with Crippen LogP contribution in [-0.4, -0.2) is 24.9 Å². The van der Waals surface area contributed by atoms with Crippen molar-refractivity contribution in [2.75, 3.05) is 12.8 Å². The van der Waals surface area contributed by atoms with E-state index in [2.05, 4.69) is 50.5 Å². The van der Waals surface area contributed by atoms with Gasteiger partial charge >= 0.3 is 0 Å². The first kappa shape index (κ1) is 16.7. The summed E-state index contributed by atoms with van der Waals surface area (Å²) >= 11 is 1.93. The monoisotopic (exact) mass is 307 g/mol. The van der Waals surface area contributed by atoms with Crippen LogP contribution in [0, 0.1) is 5.92 Å². The Morgan fingerprint density at radius 3 is 2.86 bits per heavy atom. The zero-order valence-electron chi connectivity index (χ0n) is 13.6. The third-order valence-electron chi connectivity index (χ3n) is 4.48. The molecule has 0 fully saturated rings. The van der Waals surface area contributed by atoms with Crippen LogP contribution in [0.3, 0.4) is 0 Å². The van der Waals surface area contributed by atoms with Gasteiger partial charge in [0.15, 0.2) is 0 Å². The number of rotatable bonds is 8. The average Bonchev–Trinajstić information content (AvgIpc) is 2.55. The van der Waals surface area contributed by atoms with Crippen LogP contribution in [0.5, 0.6) is 5.75 Å². The first-order chi connectivity index (χ1) is 10.3. The van der Waals surface area contributed by atoms with E-state index in [1.54, 1.807) is 0 Å². The lowest BCUT2D eigenvalue weighted by molar-refractivity contribution is 0.151. The molecule has 0 radical (unpaired) electrons. The number of benzene rings is 1. The highest BCUT2D eigenvalue weighted by Gasteiger charge is 2.28. The smallest absolute Gasteiger partial charge is 0.133 e. The predicted octanol–water partition coefficient (Wildman–Crippen LogP) is 4.73. The molecule has 3 atom stereocenters. The van der Waals surface area contributed by atoms with E-state index < -0.39 is 0 Å². The number of ether oxygens (including phenoxy) is 1. The van der Waals surface area contributed by atoms with E-state index in [0.29, 0.717) is 6.04 Å². The Kier molecular flexibility index (Phi) is 6.91. The summed E-state index contributed by atoms with van der Waals surface area (Å²) in [5.74, 6) is 2.92. The van der Waals surface area contributed by atoms with E-state index in [1.807, 2.05) is 11.8 Å². The fourth-order valence-electron chi connectivity index (χ4n) is 3.03.